The lowest BCUT2D eigenvalue weighted by Gasteiger charge is -2.43. The first kappa shape index (κ1) is 58.5. The zero-order chi connectivity index (χ0) is 59.7. The summed E-state index contributed by atoms with van der Waals surface area (Å²) in [5, 5.41) is 19.3. The van der Waals surface area contributed by atoms with Crippen LogP contribution in [0.2, 0.25) is 0 Å². The molecule has 3 heterocycles. The van der Waals surface area contributed by atoms with Crippen molar-refractivity contribution in [2.45, 2.75) is 122 Å². The summed E-state index contributed by atoms with van der Waals surface area (Å²) >= 11 is 0. The molecule has 1 aliphatic carbocycles. The first-order valence-electron chi connectivity index (χ1n) is 28.5. The Morgan fingerprint density at radius 3 is 1.96 bits per heavy atom. The highest BCUT2D eigenvalue weighted by molar-refractivity contribution is 7.50. The van der Waals surface area contributed by atoms with Crippen molar-refractivity contribution in [1.82, 2.24) is 24.2 Å². The molecule has 1 saturated heterocycles. The number of nitrogens with one attached hydrogen (secondary N) is 1. The van der Waals surface area contributed by atoms with Crippen LogP contribution in [0.4, 0.5) is 5.82 Å². The number of carbonyl (C=O) groups excluding carboxylic acids is 3. The van der Waals surface area contributed by atoms with E-state index in [2.05, 4.69) is 74.1 Å². The smallest absolute Gasteiger partial charge is 0.303 e. The third-order valence-corrected chi connectivity index (χ3v) is 18.5. The number of methoxy groups -OCH3 is 2. The lowest BCUT2D eigenvalue weighted by Crippen LogP contribution is -2.50. The van der Waals surface area contributed by atoms with Crippen molar-refractivity contribution < 1.29 is 52.1 Å². The summed E-state index contributed by atoms with van der Waals surface area (Å²) in [4.78, 5) is 54.1. The molecule has 8 atom stereocenters. The molecule has 438 valence electrons. The Bertz CT molecular complexity index is 3840. The van der Waals surface area contributed by atoms with Gasteiger partial charge in [-0.15, -0.1) is 0 Å². The fourth-order valence-electron chi connectivity index (χ4n) is 12.6. The van der Waals surface area contributed by atoms with E-state index in [-0.39, 0.29) is 24.5 Å². The van der Waals surface area contributed by atoms with Crippen molar-refractivity contribution in [2.75, 3.05) is 32.3 Å². The highest BCUT2D eigenvalue weighted by Gasteiger charge is 2.51. The van der Waals surface area contributed by atoms with Gasteiger partial charge in [0.15, 0.2) is 35.3 Å². The molecule has 0 spiro atoms. The zero-order valence-electron chi connectivity index (χ0n) is 48.9. The molecule has 11 rings (SSSR count). The second-order valence-corrected chi connectivity index (χ2v) is 23.8. The zero-order valence-corrected chi connectivity index (χ0v) is 49.8. The van der Waals surface area contributed by atoms with Crippen molar-refractivity contribution in [2.24, 2.45) is 0 Å². The Kier molecular flexibility index (Phi) is 17.0. The number of aromatic nitrogens is 4. The largest absolute Gasteiger partial charge is 0.497 e. The number of rotatable bonds is 21. The van der Waals surface area contributed by atoms with Crippen LogP contribution in [0.1, 0.15) is 107 Å². The number of nitrogens with zero attached hydrogens (tertiary/aromatic N) is 6. The Hall–Kier alpha value is -8.30. The predicted octanol–water partition coefficient (Wildman–Crippen LogP) is 12.4. The minimum absolute atomic E-state index is 0.0476. The van der Waals surface area contributed by atoms with Crippen LogP contribution in [0.5, 0.6) is 11.5 Å². The quantitative estimate of drug-likeness (QED) is 0.0233. The van der Waals surface area contributed by atoms with Crippen molar-refractivity contribution in [1.29, 1.82) is 5.26 Å². The highest BCUT2D eigenvalue weighted by atomic mass is 31.2. The molecule has 7 aromatic carbocycles. The molecular formula is C66H68N7O11P. The van der Waals surface area contributed by atoms with Gasteiger partial charge in [-0.3, -0.25) is 23.6 Å². The molecule has 9 aromatic rings. The highest BCUT2D eigenvalue weighted by Crippen LogP contribution is 2.52. The molecule has 19 heteroatoms. The SMILES string of the molecule is COc1ccc(C(OC[C@H]2O[C@@H](n3cnc4c(N[C@H]5c6c(cc7ccc8cccc9ccc6c7c89)[C@@H](OC(C)=O)[C@H](OC(C)=O)[C@@H]5OC(C)=O)ncnc43)C[C@@H]2OP(CCC#N)N(C(C)C)C(C)C)(c2ccccc2)c2ccc(OC)cc2)cc1. The maximum atomic E-state index is 13.3. The molecule has 0 bridgehead atoms. The number of esters is 3. The van der Waals surface area contributed by atoms with E-state index in [1.165, 1.54) is 27.1 Å². The first-order valence-corrected chi connectivity index (χ1v) is 29.9. The van der Waals surface area contributed by atoms with Gasteiger partial charge in [-0.25, -0.2) is 15.0 Å². The first-order chi connectivity index (χ1) is 41.1. The Morgan fingerprint density at radius 2 is 1.35 bits per heavy atom. The summed E-state index contributed by atoms with van der Waals surface area (Å²) in [7, 11) is 1.93. The summed E-state index contributed by atoms with van der Waals surface area (Å²) in [5.41, 5.74) is 3.38. The van der Waals surface area contributed by atoms with Gasteiger partial charge in [0.2, 0.25) is 0 Å². The molecule has 2 aliphatic rings. The summed E-state index contributed by atoms with van der Waals surface area (Å²) < 4.78 is 55.9. The lowest BCUT2D eigenvalue weighted by atomic mass is 9.77. The van der Waals surface area contributed by atoms with Crippen molar-refractivity contribution in [3.63, 3.8) is 0 Å². The number of nitriles is 1. The number of carbonyl (C=O) groups is 3. The Morgan fingerprint density at radius 1 is 0.741 bits per heavy atom. The second kappa shape index (κ2) is 24.7. The average molecular weight is 1170 g/mol. The third kappa shape index (κ3) is 11.3. The fraction of sp³-hybridized carbons (Fsp3) is 0.348. The van der Waals surface area contributed by atoms with Gasteiger partial charge in [0.25, 0.3) is 0 Å². The van der Waals surface area contributed by atoms with Gasteiger partial charge in [-0.2, -0.15) is 5.26 Å². The molecule has 18 nitrogen and oxygen atoms in total. The number of imidazole rings is 1. The molecule has 0 saturated carbocycles. The van der Waals surface area contributed by atoms with Crippen LogP contribution in [-0.2, 0) is 48.2 Å². The summed E-state index contributed by atoms with van der Waals surface area (Å²) in [5.74, 6) is -0.290. The van der Waals surface area contributed by atoms with E-state index in [1.807, 2.05) is 102 Å². The molecule has 0 radical (unpaired) electrons. The van der Waals surface area contributed by atoms with Crippen LogP contribution in [0.15, 0.2) is 140 Å². The van der Waals surface area contributed by atoms with E-state index < -0.39 is 74.6 Å². The van der Waals surface area contributed by atoms with Gasteiger partial charge in [-0.05, 0) is 113 Å². The minimum atomic E-state index is -1.34. The van der Waals surface area contributed by atoms with Gasteiger partial charge >= 0.3 is 17.9 Å². The molecular weight excluding hydrogens is 1100 g/mol. The Labute approximate surface area is 494 Å². The molecule has 85 heavy (non-hydrogen) atoms. The Balaban J connectivity index is 1.02. The summed E-state index contributed by atoms with van der Waals surface area (Å²) in [6, 6.07) is 43.6. The van der Waals surface area contributed by atoms with E-state index in [4.69, 9.17) is 52.6 Å². The molecule has 1 aliphatic heterocycles. The number of anilines is 1. The van der Waals surface area contributed by atoms with E-state index in [9.17, 15) is 19.6 Å². The molecule has 1 unspecified atom stereocenters. The minimum Gasteiger partial charge on any atom is -0.497 e. The number of hydrogen-bond acceptors (Lipinski definition) is 17. The summed E-state index contributed by atoms with van der Waals surface area (Å²) in [6.07, 6.45) is -1.42. The van der Waals surface area contributed by atoms with E-state index in [0.717, 1.165) is 49.0 Å². The van der Waals surface area contributed by atoms with E-state index in [0.29, 0.717) is 52.8 Å². The van der Waals surface area contributed by atoms with Gasteiger partial charge in [0.05, 0.1) is 45.4 Å². The van der Waals surface area contributed by atoms with Crippen LogP contribution >= 0.6 is 8.30 Å². The van der Waals surface area contributed by atoms with Gasteiger partial charge < -0.3 is 43.0 Å². The summed E-state index contributed by atoms with van der Waals surface area (Å²) in [6.45, 7) is 12.4. The fourth-order valence-corrected chi connectivity index (χ4v) is 14.9. The number of ether oxygens (including phenoxy) is 7. The van der Waals surface area contributed by atoms with Crippen LogP contribution in [-0.4, -0.2) is 106 Å². The predicted molar refractivity (Wildman–Crippen MR) is 323 cm³/mol. The normalized spacial score (nSPS) is 20.0. The third-order valence-electron chi connectivity index (χ3n) is 16.0. The van der Waals surface area contributed by atoms with Crippen LogP contribution in [0.25, 0.3) is 43.5 Å². The maximum Gasteiger partial charge on any atom is 0.303 e. The van der Waals surface area contributed by atoms with Gasteiger partial charge in [0, 0.05) is 57.4 Å². The molecule has 0 amide bonds. The molecule has 1 fully saturated rings. The van der Waals surface area contributed by atoms with E-state index in [1.54, 1.807) is 20.5 Å². The van der Waals surface area contributed by atoms with E-state index >= 15 is 0 Å². The monoisotopic (exact) mass is 1170 g/mol. The maximum absolute atomic E-state index is 13.3. The van der Waals surface area contributed by atoms with Crippen molar-refractivity contribution >= 4 is 75.5 Å². The topological polar surface area (TPSA) is 208 Å². The number of benzene rings is 7. The average Bonchev–Trinajstić information content (AvgIpc) is 1.38. The van der Waals surface area contributed by atoms with Crippen LogP contribution in [0.3, 0.4) is 0 Å². The number of hydrogen-bond donors (Lipinski definition) is 1. The lowest BCUT2D eigenvalue weighted by molar-refractivity contribution is -0.187. The number of fused-ring (bicyclic) bond motifs is 3. The standard InChI is InChI=1S/C66H68N7O11P/c1-38(2)73(39(3)4)85(32-14-31-67)84-53-34-55(83-54(53)35-79-66(46-17-11-10-12-18-46,47-22-26-49(77-8)27-23-47)48-24-28-50(78-9)29-25-48)72-37-70-60-64(68-36-69-65(60)72)71-59-58-51-30-21-44-16-13-15-43-19-20-45(57(51)56(43)44)33-52(58)61(80-40(5)74)63(82-42(7)76)62(59)81-41(6)75/h10-13,15-30,33,36-39,53-55,59,61-63H,14,32,34-35H2,1-9H3,(H,68,69,71)/t53-,54+,55+,59-,61+,62+,63-,85?/m0/s1. The van der Waals surface area contributed by atoms with Crippen LogP contribution < -0.4 is 14.8 Å². The molecule has 2 aromatic heterocycles. The molecule has 1 N–H and O–H groups in total. The van der Waals surface area contributed by atoms with Crippen molar-refractivity contribution in [3.05, 3.63) is 168 Å². The van der Waals surface area contributed by atoms with Crippen LogP contribution in [0, 0.1) is 11.3 Å². The van der Waals surface area contributed by atoms with Gasteiger partial charge in [0.1, 0.15) is 44.1 Å². The van der Waals surface area contributed by atoms with Gasteiger partial charge in [-0.1, -0.05) is 97.1 Å². The van der Waals surface area contributed by atoms with Crippen molar-refractivity contribution in [3.8, 4) is 17.6 Å². The second-order valence-electron chi connectivity index (χ2n) is 22.0.